The molecule has 0 amide bonds. The maximum absolute atomic E-state index is 12.6. The van der Waals surface area contributed by atoms with Crippen LogP contribution in [0.1, 0.15) is 32.0 Å². The second-order valence-corrected chi connectivity index (χ2v) is 7.26. The van der Waals surface area contributed by atoms with E-state index in [4.69, 9.17) is 0 Å². The first-order valence-electron chi connectivity index (χ1n) is 7.13. The number of aryl methyl sites for hydroxylation is 2. The number of sulfonamides is 1. The van der Waals surface area contributed by atoms with E-state index in [-0.39, 0.29) is 17.6 Å². The zero-order valence-electron chi connectivity index (χ0n) is 12.1. The van der Waals surface area contributed by atoms with E-state index in [1.807, 2.05) is 18.4 Å². The number of imidazole rings is 1. The minimum atomic E-state index is -3.53. The van der Waals surface area contributed by atoms with Crippen molar-refractivity contribution < 1.29 is 13.5 Å². The Balaban J connectivity index is 2.23. The Kier molecular flexibility index (Phi) is 4.82. The van der Waals surface area contributed by atoms with E-state index in [1.54, 1.807) is 6.20 Å². The fourth-order valence-electron chi connectivity index (χ4n) is 2.60. The van der Waals surface area contributed by atoms with Crippen molar-refractivity contribution in [3.63, 3.8) is 0 Å². The zero-order chi connectivity index (χ0) is 14.8. The third-order valence-electron chi connectivity index (χ3n) is 3.76. The molecule has 0 aromatic carbocycles. The van der Waals surface area contributed by atoms with Gasteiger partial charge >= 0.3 is 0 Å². The van der Waals surface area contributed by atoms with Crippen molar-refractivity contribution in [3.8, 4) is 0 Å². The van der Waals surface area contributed by atoms with Gasteiger partial charge in [-0.1, -0.05) is 6.92 Å². The minimum absolute atomic E-state index is 0.0370. The summed E-state index contributed by atoms with van der Waals surface area (Å²) in [6.45, 7) is 5.57. The molecular formula is C13H23N3O3S. The average Bonchev–Trinajstić information content (AvgIpc) is 2.81. The second kappa shape index (κ2) is 6.24. The monoisotopic (exact) mass is 301 g/mol. The Morgan fingerprint density at radius 2 is 2.25 bits per heavy atom. The topological polar surface area (TPSA) is 75.4 Å². The molecule has 1 fully saturated rings. The normalized spacial score (nSPS) is 21.2. The third kappa shape index (κ3) is 3.05. The first kappa shape index (κ1) is 15.5. The summed E-state index contributed by atoms with van der Waals surface area (Å²) in [5.74, 6) is 0.762. The van der Waals surface area contributed by atoms with Crippen LogP contribution in [0.25, 0.3) is 0 Å². The molecule has 1 atom stereocenters. The first-order valence-corrected chi connectivity index (χ1v) is 8.57. The SMILES string of the molecule is CCCn1cc(S(=O)(=O)N2CCCC(CO)C2)nc1C. The summed E-state index contributed by atoms with van der Waals surface area (Å²) >= 11 is 0. The number of piperidine rings is 1. The van der Waals surface area contributed by atoms with E-state index in [9.17, 15) is 13.5 Å². The standard InChI is InChI=1S/C13H23N3O3S/c1-3-6-15-9-13(14-11(15)2)20(18,19)16-7-4-5-12(8-16)10-17/h9,12,17H,3-8,10H2,1-2H3. The molecule has 1 N–H and O–H groups in total. The molecule has 0 bridgehead atoms. The molecule has 0 spiro atoms. The Morgan fingerprint density at radius 3 is 2.90 bits per heavy atom. The van der Waals surface area contributed by atoms with E-state index in [2.05, 4.69) is 4.98 Å². The summed E-state index contributed by atoms with van der Waals surface area (Å²) in [4.78, 5) is 4.20. The van der Waals surface area contributed by atoms with Crippen molar-refractivity contribution >= 4 is 10.0 Å². The fraction of sp³-hybridized carbons (Fsp3) is 0.769. The molecule has 0 aliphatic carbocycles. The molecule has 1 saturated heterocycles. The van der Waals surface area contributed by atoms with E-state index in [0.29, 0.717) is 13.1 Å². The van der Waals surface area contributed by atoms with Crippen molar-refractivity contribution in [3.05, 3.63) is 12.0 Å². The maximum atomic E-state index is 12.6. The number of aliphatic hydroxyl groups excluding tert-OH is 1. The van der Waals surface area contributed by atoms with Gasteiger partial charge in [0, 0.05) is 32.4 Å². The average molecular weight is 301 g/mol. The minimum Gasteiger partial charge on any atom is -0.396 e. The highest BCUT2D eigenvalue weighted by atomic mass is 32.2. The number of hydrogen-bond acceptors (Lipinski definition) is 4. The first-order chi connectivity index (χ1) is 9.48. The van der Waals surface area contributed by atoms with Crippen LogP contribution in [0.5, 0.6) is 0 Å². The Bertz CT molecular complexity index is 553. The highest BCUT2D eigenvalue weighted by Gasteiger charge is 2.31. The Labute approximate surface area is 120 Å². The number of aromatic nitrogens is 2. The Morgan fingerprint density at radius 1 is 1.50 bits per heavy atom. The van der Waals surface area contributed by atoms with Crippen LogP contribution in [0.2, 0.25) is 0 Å². The molecule has 1 aliphatic heterocycles. The summed E-state index contributed by atoms with van der Waals surface area (Å²) in [5.41, 5.74) is 0. The van der Waals surface area contributed by atoms with Crippen LogP contribution in [0.15, 0.2) is 11.2 Å². The molecule has 2 rings (SSSR count). The van der Waals surface area contributed by atoms with Gasteiger partial charge < -0.3 is 9.67 Å². The maximum Gasteiger partial charge on any atom is 0.262 e. The van der Waals surface area contributed by atoms with Crippen molar-refractivity contribution in [2.24, 2.45) is 5.92 Å². The summed E-state index contributed by atoms with van der Waals surface area (Å²) in [5, 5.41) is 9.35. The van der Waals surface area contributed by atoms with Crippen LogP contribution in [0.3, 0.4) is 0 Å². The third-order valence-corrected chi connectivity index (χ3v) is 5.50. The van der Waals surface area contributed by atoms with Gasteiger partial charge in [0.2, 0.25) is 0 Å². The lowest BCUT2D eigenvalue weighted by molar-refractivity contribution is 0.165. The Hall–Kier alpha value is -0.920. The predicted molar refractivity (Wildman–Crippen MR) is 75.8 cm³/mol. The second-order valence-electron chi connectivity index (χ2n) is 5.37. The summed E-state index contributed by atoms with van der Waals surface area (Å²) in [6.07, 6.45) is 4.23. The van der Waals surface area contributed by atoms with Crippen LogP contribution in [0.4, 0.5) is 0 Å². The van der Waals surface area contributed by atoms with E-state index < -0.39 is 10.0 Å². The number of rotatable bonds is 5. The molecule has 1 aromatic heterocycles. The van der Waals surface area contributed by atoms with E-state index in [1.165, 1.54) is 4.31 Å². The summed E-state index contributed by atoms with van der Waals surface area (Å²) < 4.78 is 28.5. The van der Waals surface area contributed by atoms with Gasteiger partial charge in [-0.25, -0.2) is 13.4 Å². The van der Waals surface area contributed by atoms with E-state index >= 15 is 0 Å². The van der Waals surface area contributed by atoms with Gasteiger partial charge in [0.1, 0.15) is 5.82 Å². The lowest BCUT2D eigenvalue weighted by atomic mass is 10.0. The van der Waals surface area contributed by atoms with Gasteiger partial charge in [0.15, 0.2) is 5.03 Å². The quantitative estimate of drug-likeness (QED) is 0.880. The smallest absolute Gasteiger partial charge is 0.262 e. The zero-order valence-corrected chi connectivity index (χ0v) is 12.9. The van der Waals surface area contributed by atoms with Gasteiger partial charge in [-0.15, -0.1) is 0 Å². The highest BCUT2D eigenvalue weighted by molar-refractivity contribution is 7.89. The van der Waals surface area contributed by atoms with E-state index in [0.717, 1.165) is 31.6 Å². The molecule has 6 nitrogen and oxygen atoms in total. The lowest BCUT2D eigenvalue weighted by Gasteiger charge is -2.30. The van der Waals surface area contributed by atoms with Crippen molar-refractivity contribution in [2.45, 2.75) is 44.7 Å². The van der Waals surface area contributed by atoms with Crippen LogP contribution in [0, 0.1) is 12.8 Å². The van der Waals surface area contributed by atoms with Crippen LogP contribution >= 0.6 is 0 Å². The van der Waals surface area contributed by atoms with Crippen LogP contribution in [-0.2, 0) is 16.6 Å². The van der Waals surface area contributed by atoms with Crippen molar-refractivity contribution in [1.82, 2.24) is 13.9 Å². The molecule has 1 aliphatic rings. The summed E-state index contributed by atoms with van der Waals surface area (Å²) in [7, 11) is -3.53. The lowest BCUT2D eigenvalue weighted by Crippen LogP contribution is -2.41. The molecule has 2 heterocycles. The van der Waals surface area contributed by atoms with Crippen molar-refractivity contribution in [1.29, 1.82) is 0 Å². The van der Waals surface area contributed by atoms with Gasteiger partial charge in [-0.05, 0) is 32.1 Å². The van der Waals surface area contributed by atoms with Gasteiger partial charge in [0.05, 0.1) is 0 Å². The van der Waals surface area contributed by atoms with Crippen LogP contribution < -0.4 is 0 Å². The largest absolute Gasteiger partial charge is 0.396 e. The predicted octanol–water partition coefficient (Wildman–Crippen LogP) is 0.995. The fourth-order valence-corrected chi connectivity index (χ4v) is 4.15. The molecule has 7 heteroatoms. The molecular weight excluding hydrogens is 278 g/mol. The molecule has 1 unspecified atom stereocenters. The van der Waals surface area contributed by atoms with Crippen LogP contribution in [-0.4, -0.2) is 47.1 Å². The molecule has 114 valence electrons. The summed E-state index contributed by atoms with van der Waals surface area (Å²) in [6, 6.07) is 0. The molecule has 0 radical (unpaired) electrons. The number of aliphatic hydroxyl groups is 1. The number of nitrogens with zero attached hydrogens (tertiary/aromatic N) is 3. The van der Waals surface area contributed by atoms with Gasteiger partial charge in [0.25, 0.3) is 10.0 Å². The highest BCUT2D eigenvalue weighted by Crippen LogP contribution is 2.23. The van der Waals surface area contributed by atoms with Crippen molar-refractivity contribution in [2.75, 3.05) is 19.7 Å². The van der Waals surface area contributed by atoms with Gasteiger partial charge in [-0.3, -0.25) is 0 Å². The molecule has 1 aromatic rings. The van der Waals surface area contributed by atoms with Gasteiger partial charge in [-0.2, -0.15) is 4.31 Å². The molecule has 20 heavy (non-hydrogen) atoms. The number of hydrogen-bond donors (Lipinski definition) is 1. The molecule has 0 saturated carbocycles.